The van der Waals surface area contributed by atoms with Crippen LogP contribution in [0.5, 0.6) is 0 Å². The first kappa shape index (κ1) is 15.2. The van der Waals surface area contributed by atoms with Gasteiger partial charge < -0.3 is 14.3 Å². The number of hydrogen-bond donors (Lipinski definition) is 1. The molecule has 4 aromatic rings. The number of hydrogen-bond acceptors (Lipinski definition) is 3. The standard InChI is InChI=1S/C20H17N3O2/c1-14(15-6-8-17(9-7-15)23-11-10-21-13-23)22-20(24)19-12-16-4-2-3-5-18(16)25-19/h2-14H,1H3,(H,22,24)/t14-/m0/s1. The summed E-state index contributed by atoms with van der Waals surface area (Å²) in [5.41, 5.74) is 2.76. The van der Waals surface area contributed by atoms with E-state index in [-0.39, 0.29) is 11.9 Å². The van der Waals surface area contributed by atoms with Crippen LogP contribution in [-0.4, -0.2) is 15.5 Å². The molecule has 0 spiro atoms. The molecular weight excluding hydrogens is 314 g/mol. The molecule has 0 fully saturated rings. The fourth-order valence-corrected chi connectivity index (χ4v) is 2.79. The van der Waals surface area contributed by atoms with Gasteiger partial charge in [-0.2, -0.15) is 0 Å². The first-order valence-electron chi connectivity index (χ1n) is 8.08. The third kappa shape index (κ3) is 3.04. The van der Waals surface area contributed by atoms with E-state index in [9.17, 15) is 4.79 Å². The Hall–Kier alpha value is -3.34. The Labute approximate surface area is 144 Å². The molecule has 1 N–H and O–H groups in total. The van der Waals surface area contributed by atoms with Crippen LogP contribution < -0.4 is 5.32 Å². The Bertz CT molecular complexity index is 968. The minimum absolute atomic E-state index is 0.127. The monoisotopic (exact) mass is 331 g/mol. The molecule has 2 aromatic carbocycles. The lowest BCUT2D eigenvalue weighted by atomic mass is 10.1. The summed E-state index contributed by atoms with van der Waals surface area (Å²) in [7, 11) is 0. The number of aromatic nitrogens is 2. The quantitative estimate of drug-likeness (QED) is 0.612. The number of carbonyl (C=O) groups is 1. The maximum atomic E-state index is 12.4. The van der Waals surface area contributed by atoms with Gasteiger partial charge in [-0.25, -0.2) is 4.98 Å². The number of imidazole rings is 1. The highest BCUT2D eigenvalue weighted by atomic mass is 16.3. The molecule has 25 heavy (non-hydrogen) atoms. The molecule has 1 amide bonds. The van der Waals surface area contributed by atoms with Gasteiger partial charge in [-0.1, -0.05) is 30.3 Å². The average Bonchev–Trinajstić information content (AvgIpc) is 3.31. The van der Waals surface area contributed by atoms with E-state index in [1.807, 2.05) is 66.2 Å². The van der Waals surface area contributed by atoms with E-state index in [1.54, 1.807) is 18.6 Å². The molecule has 0 aliphatic rings. The van der Waals surface area contributed by atoms with Crippen molar-refractivity contribution >= 4 is 16.9 Å². The summed E-state index contributed by atoms with van der Waals surface area (Å²) in [6.07, 6.45) is 5.38. The molecule has 124 valence electrons. The first-order chi connectivity index (χ1) is 12.2. The molecule has 0 aliphatic carbocycles. The van der Waals surface area contributed by atoms with Crippen LogP contribution in [0.15, 0.2) is 77.7 Å². The second kappa shape index (κ2) is 6.28. The summed E-state index contributed by atoms with van der Waals surface area (Å²) < 4.78 is 7.54. The fraction of sp³-hybridized carbons (Fsp3) is 0.100. The van der Waals surface area contributed by atoms with Gasteiger partial charge in [-0.15, -0.1) is 0 Å². The van der Waals surface area contributed by atoms with E-state index < -0.39 is 0 Å². The molecular formula is C20H17N3O2. The van der Waals surface area contributed by atoms with Gasteiger partial charge in [0, 0.05) is 23.5 Å². The zero-order chi connectivity index (χ0) is 17.2. The molecule has 0 saturated heterocycles. The fourth-order valence-electron chi connectivity index (χ4n) is 2.79. The van der Waals surface area contributed by atoms with E-state index in [2.05, 4.69) is 10.3 Å². The van der Waals surface area contributed by atoms with E-state index in [1.165, 1.54) is 0 Å². The largest absolute Gasteiger partial charge is 0.451 e. The second-order valence-electron chi connectivity index (χ2n) is 5.91. The SMILES string of the molecule is C[C@H](NC(=O)c1cc2ccccc2o1)c1ccc(-n2ccnc2)cc1. The minimum Gasteiger partial charge on any atom is -0.451 e. The third-order valence-electron chi connectivity index (χ3n) is 4.19. The highest BCUT2D eigenvalue weighted by molar-refractivity contribution is 5.96. The van der Waals surface area contributed by atoms with Crippen LogP contribution in [0.1, 0.15) is 29.1 Å². The van der Waals surface area contributed by atoms with Crippen LogP contribution in [0, 0.1) is 0 Å². The summed E-state index contributed by atoms with van der Waals surface area (Å²) in [6.45, 7) is 1.95. The van der Waals surface area contributed by atoms with Gasteiger partial charge in [0.2, 0.25) is 0 Å². The first-order valence-corrected chi connectivity index (χ1v) is 8.08. The van der Waals surface area contributed by atoms with Crippen LogP contribution in [-0.2, 0) is 0 Å². The van der Waals surface area contributed by atoms with Crippen molar-refractivity contribution in [2.75, 3.05) is 0 Å². The van der Waals surface area contributed by atoms with Crippen molar-refractivity contribution in [1.29, 1.82) is 0 Å². The van der Waals surface area contributed by atoms with Crippen molar-refractivity contribution in [3.8, 4) is 5.69 Å². The van der Waals surface area contributed by atoms with E-state index in [0.717, 1.165) is 16.6 Å². The van der Waals surface area contributed by atoms with Crippen molar-refractivity contribution in [3.63, 3.8) is 0 Å². The molecule has 0 saturated carbocycles. The number of fused-ring (bicyclic) bond motifs is 1. The smallest absolute Gasteiger partial charge is 0.287 e. The number of furan rings is 1. The lowest BCUT2D eigenvalue weighted by molar-refractivity contribution is 0.0914. The Morgan fingerprint density at radius 1 is 1.16 bits per heavy atom. The summed E-state index contributed by atoms with van der Waals surface area (Å²) >= 11 is 0. The Morgan fingerprint density at radius 2 is 1.96 bits per heavy atom. The number of amides is 1. The van der Waals surface area contributed by atoms with Crippen LogP contribution in [0.4, 0.5) is 0 Å². The zero-order valence-corrected chi connectivity index (χ0v) is 13.7. The van der Waals surface area contributed by atoms with Gasteiger partial charge in [-0.3, -0.25) is 4.79 Å². The predicted octanol–water partition coefficient (Wildman–Crippen LogP) is 4.11. The number of benzene rings is 2. The second-order valence-corrected chi connectivity index (χ2v) is 5.91. The van der Waals surface area contributed by atoms with Crippen LogP contribution in [0.3, 0.4) is 0 Å². The zero-order valence-electron chi connectivity index (χ0n) is 13.7. The normalized spacial score (nSPS) is 12.2. The van der Waals surface area contributed by atoms with Crippen molar-refractivity contribution < 1.29 is 9.21 Å². The molecule has 0 bridgehead atoms. The number of rotatable bonds is 4. The molecule has 0 unspecified atom stereocenters. The number of carbonyl (C=O) groups excluding carboxylic acids is 1. The van der Waals surface area contributed by atoms with Crippen molar-refractivity contribution in [3.05, 3.63) is 84.6 Å². The van der Waals surface area contributed by atoms with E-state index in [0.29, 0.717) is 11.3 Å². The maximum absolute atomic E-state index is 12.4. The Morgan fingerprint density at radius 3 is 2.68 bits per heavy atom. The molecule has 2 aromatic heterocycles. The highest BCUT2D eigenvalue weighted by Crippen LogP contribution is 2.20. The minimum atomic E-state index is -0.220. The number of nitrogens with zero attached hydrogens (tertiary/aromatic N) is 2. The van der Waals surface area contributed by atoms with Crippen LogP contribution >= 0.6 is 0 Å². The summed E-state index contributed by atoms with van der Waals surface area (Å²) in [6, 6.07) is 17.2. The van der Waals surface area contributed by atoms with Crippen molar-refractivity contribution in [2.45, 2.75) is 13.0 Å². The molecule has 0 aliphatic heterocycles. The topological polar surface area (TPSA) is 60.1 Å². The maximum Gasteiger partial charge on any atom is 0.287 e. The van der Waals surface area contributed by atoms with Crippen molar-refractivity contribution in [1.82, 2.24) is 14.9 Å². The van der Waals surface area contributed by atoms with Gasteiger partial charge in [0.25, 0.3) is 5.91 Å². The lowest BCUT2D eigenvalue weighted by Crippen LogP contribution is -2.26. The summed E-state index contributed by atoms with van der Waals surface area (Å²) in [4.78, 5) is 16.5. The number of nitrogens with one attached hydrogen (secondary N) is 1. The molecule has 0 radical (unpaired) electrons. The van der Waals surface area contributed by atoms with Gasteiger partial charge in [0.05, 0.1) is 12.4 Å². The van der Waals surface area contributed by atoms with Gasteiger partial charge in [0.15, 0.2) is 5.76 Å². The van der Waals surface area contributed by atoms with Gasteiger partial charge in [0.1, 0.15) is 5.58 Å². The Kier molecular flexibility index (Phi) is 3.82. The third-order valence-corrected chi connectivity index (χ3v) is 4.19. The molecule has 5 nitrogen and oxygen atoms in total. The van der Waals surface area contributed by atoms with Crippen molar-refractivity contribution in [2.24, 2.45) is 0 Å². The van der Waals surface area contributed by atoms with Gasteiger partial charge >= 0.3 is 0 Å². The molecule has 2 heterocycles. The molecule has 1 atom stereocenters. The van der Waals surface area contributed by atoms with Crippen LogP contribution in [0.25, 0.3) is 16.7 Å². The Balaban J connectivity index is 1.49. The van der Waals surface area contributed by atoms with E-state index in [4.69, 9.17) is 4.42 Å². The van der Waals surface area contributed by atoms with Gasteiger partial charge in [-0.05, 0) is 36.8 Å². The van der Waals surface area contributed by atoms with E-state index >= 15 is 0 Å². The predicted molar refractivity (Wildman–Crippen MR) is 95.7 cm³/mol. The molecule has 4 rings (SSSR count). The number of para-hydroxylation sites is 1. The van der Waals surface area contributed by atoms with Crippen LogP contribution in [0.2, 0.25) is 0 Å². The average molecular weight is 331 g/mol. The lowest BCUT2D eigenvalue weighted by Gasteiger charge is -2.14. The molecule has 5 heteroatoms. The summed E-state index contributed by atoms with van der Waals surface area (Å²) in [5, 5.41) is 3.90. The highest BCUT2D eigenvalue weighted by Gasteiger charge is 2.15. The summed E-state index contributed by atoms with van der Waals surface area (Å²) in [5.74, 6) is 0.102.